The third-order valence-corrected chi connectivity index (χ3v) is 3.12. The first-order valence-electron chi connectivity index (χ1n) is 6.85. The van der Waals surface area contributed by atoms with Crippen LogP contribution in [0.15, 0.2) is 30.5 Å². The van der Waals surface area contributed by atoms with Gasteiger partial charge in [0.2, 0.25) is 5.91 Å². The fourth-order valence-corrected chi connectivity index (χ4v) is 2.02. The van der Waals surface area contributed by atoms with Gasteiger partial charge in [-0.3, -0.25) is 9.78 Å². The maximum atomic E-state index is 11.6. The van der Waals surface area contributed by atoms with Crippen LogP contribution in [-0.2, 0) is 9.53 Å². The molecule has 4 N–H and O–H groups in total. The van der Waals surface area contributed by atoms with E-state index < -0.39 is 0 Å². The molecule has 6 heteroatoms. The Hall–Kier alpha value is -2.34. The van der Waals surface area contributed by atoms with E-state index in [0.717, 1.165) is 16.6 Å². The fourth-order valence-electron chi connectivity index (χ4n) is 2.02. The van der Waals surface area contributed by atoms with Crippen molar-refractivity contribution in [2.24, 2.45) is 0 Å². The Morgan fingerprint density at radius 2 is 2.19 bits per heavy atom. The molecule has 0 saturated heterocycles. The highest BCUT2D eigenvalue weighted by atomic mass is 16.5. The molecule has 6 nitrogen and oxygen atoms in total. The van der Waals surface area contributed by atoms with Crippen LogP contribution in [0.5, 0.6) is 0 Å². The third-order valence-electron chi connectivity index (χ3n) is 3.12. The summed E-state index contributed by atoms with van der Waals surface area (Å²) >= 11 is 0. The van der Waals surface area contributed by atoms with Crippen molar-refractivity contribution in [2.75, 3.05) is 37.9 Å². The molecule has 0 aliphatic heterocycles. The van der Waals surface area contributed by atoms with Gasteiger partial charge in [0.1, 0.15) is 0 Å². The Labute approximate surface area is 123 Å². The number of nitrogens with one attached hydrogen (secondary N) is 2. The normalized spacial score (nSPS) is 10.5. The van der Waals surface area contributed by atoms with Crippen LogP contribution in [0.2, 0.25) is 0 Å². The lowest BCUT2D eigenvalue weighted by Crippen LogP contribution is -2.28. The van der Waals surface area contributed by atoms with Crippen LogP contribution in [0.1, 0.15) is 6.42 Å². The molecule has 0 aliphatic carbocycles. The number of carbonyl (C=O) groups excluding carboxylic acids is 1. The molecule has 0 aliphatic rings. The molecule has 21 heavy (non-hydrogen) atoms. The zero-order chi connectivity index (χ0) is 15.1. The highest BCUT2D eigenvalue weighted by Gasteiger charge is 2.05. The summed E-state index contributed by atoms with van der Waals surface area (Å²) in [6, 6.07) is 7.58. The molecular formula is C15H20N4O2. The Morgan fingerprint density at radius 1 is 1.33 bits per heavy atom. The molecule has 0 atom stereocenters. The van der Waals surface area contributed by atoms with E-state index in [-0.39, 0.29) is 5.91 Å². The van der Waals surface area contributed by atoms with E-state index in [4.69, 9.17) is 10.5 Å². The number of nitrogens with two attached hydrogens (primary N) is 1. The van der Waals surface area contributed by atoms with Crippen molar-refractivity contribution >= 4 is 28.2 Å². The summed E-state index contributed by atoms with van der Waals surface area (Å²) in [6.45, 7) is 1.57. The van der Waals surface area contributed by atoms with Gasteiger partial charge in [-0.2, -0.15) is 0 Å². The minimum absolute atomic E-state index is 0.0134. The number of aromatic nitrogens is 1. The second kappa shape index (κ2) is 7.44. The van der Waals surface area contributed by atoms with E-state index in [1.54, 1.807) is 13.3 Å². The maximum absolute atomic E-state index is 11.6. The summed E-state index contributed by atoms with van der Waals surface area (Å²) in [4.78, 5) is 15.8. The van der Waals surface area contributed by atoms with Crippen LogP contribution in [-0.4, -0.2) is 37.7 Å². The third kappa shape index (κ3) is 4.06. The zero-order valence-corrected chi connectivity index (χ0v) is 12.1. The topological polar surface area (TPSA) is 89.3 Å². The summed E-state index contributed by atoms with van der Waals surface area (Å²) < 4.78 is 4.87. The summed E-state index contributed by atoms with van der Waals surface area (Å²) in [5.41, 5.74) is 8.45. The number of nitrogen functional groups attached to an aromatic ring is 1. The highest BCUT2D eigenvalue weighted by Crippen LogP contribution is 2.27. The van der Waals surface area contributed by atoms with Crippen LogP contribution in [0.4, 0.5) is 11.4 Å². The number of carbonyl (C=O) groups is 1. The monoisotopic (exact) mass is 288 g/mol. The van der Waals surface area contributed by atoms with Crippen molar-refractivity contribution in [3.63, 3.8) is 0 Å². The molecule has 0 radical (unpaired) electrons. The molecule has 2 rings (SSSR count). The number of pyridine rings is 1. The molecule has 0 saturated carbocycles. The van der Waals surface area contributed by atoms with Crippen LogP contribution in [0, 0.1) is 0 Å². The molecule has 2 aromatic rings. The molecule has 0 spiro atoms. The summed E-state index contributed by atoms with van der Waals surface area (Å²) in [5.74, 6) is -0.0134. The van der Waals surface area contributed by atoms with E-state index in [0.29, 0.717) is 31.8 Å². The smallest absolute Gasteiger partial charge is 0.221 e. The van der Waals surface area contributed by atoms with Crippen molar-refractivity contribution in [3.05, 3.63) is 30.5 Å². The second-order valence-electron chi connectivity index (χ2n) is 4.62. The quantitative estimate of drug-likeness (QED) is 0.529. The van der Waals surface area contributed by atoms with Crippen LogP contribution >= 0.6 is 0 Å². The molecular weight excluding hydrogens is 268 g/mol. The maximum Gasteiger partial charge on any atom is 0.221 e. The van der Waals surface area contributed by atoms with Gasteiger partial charge in [0.15, 0.2) is 0 Å². The Bertz CT molecular complexity index is 616. The predicted molar refractivity (Wildman–Crippen MR) is 84.1 cm³/mol. The minimum Gasteiger partial charge on any atom is -0.397 e. The largest absolute Gasteiger partial charge is 0.397 e. The number of rotatable bonds is 7. The number of benzene rings is 1. The number of amides is 1. The van der Waals surface area contributed by atoms with Gasteiger partial charge in [0.25, 0.3) is 0 Å². The standard InChI is InChI=1S/C15H20N4O2/c1-21-10-9-19-14(20)6-8-18-13-5-4-12-11(15(13)16)3-2-7-17-12/h2-5,7,18H,6,8-10,16H2,1H3,(H,19,20). The number of hydrogen-bond acceptors (Lipinski definition) is 5. The zero-order valence-electron chi connectivity index (χ0n) is 12.1. The molecule has 1 amide bonds. The molecule has 1 heterocycles. The number of fused-ring (bicyclic) bond motifs is 1. The first-order valence-corrected chi connectivity index (χ1v) is 6.85. The molecule has 112 valence electrons. The van der Waals surface area contributed by atoms with Gasteiger partial charge in [0, 0.05) is 38.2 Å². The molecule has 1 aromatic carbocycles. The van der Waals surface area contributed by atoms with E-state index in [2.05, 4.69) is 15.6 Å². The average molecular weight is 288 g/mol. The fraction of sp³-hybridized carbons (Fsp3) is 0.333. The first-order chi connectivity index (χ1) is 10.2. The lowest BCUT2D eigenvalue weighted by molar-refractivity contribution is -0.121. The SMILES string of the molecule is COCCNC(=O)CCNc1ccc2ncccc2c1N. The van der Waals surface area contributed by atoms with Gasteiger partial charge >= 0.3 is 0 Å². The molecule has 0 fully saturated rings. The Morgan fingerprint density at radius 3 is 3.00 bits per heavy atom. The number of anilines is 2. The molecule has 0 bridgehead atoms. The van der Waals surface area contributed by atoms with Crippen molar-refractivity contribution in [3.8, 4) is 0 Å². The second-order valence-corrected chi connectivity index (χ2v) is 4.62. The van der Waals surface area contributed by atoms with Crippen molar-refractivity contribution in [1.29, 1.82) is 0 Å². The number of hydrogen-bond donors (Lipinski definition) is 3. The van der Waals surface area contributed by atoms with Gasteiger partial charge in [-0.25, -0.2) is 0 Å². The van der Waals surface area contributed by atoms with Crippen LogP contribution in [0.25, 0.3) is 10.9 Å². The first kappa shape index (κ1) is 15.1. The number of nitrogens with zero attached hydrogens (tertiary/aromatic N) is 1. The van der Waals surface area contributed by atoms with Crippen molar-refractivity contribution in [2.45, 2.75) is 6.42 Å². The van der Waals surface area contributed by atoms with Gasteiger partial charge in [-0.05, 0) is 24.3 Å². The predicted octanol–water partition coefficient (Wildman–Crippen LogP) is 1.38. The number of methoxy groups -OCH3 is 1. The summed E-state index contributed by atoms with van der Waals surface area (Å²) in [6.07, 6.45) is 2.12. The van der Waals surface area contributed by atoms with Gasteiger partial charge in [-0.1, -0.05) is 0 Å². The Kier molecular flexibility index (Phi) is 5.34. The molecule has 1 aromatic heterocycles. The van der Waals surface area contributed by atoms with Crippen LogP contribution < -0.4 is 16.4 Å². The summed E-state index contributed by atoms with van der Waals surface area (Å²) in [5, 5.41) is 6.86. The van der Waals surface area contributed by atoms with Crippen molar-refractivity contribution in [1.82, 2.24) is 10.3 Å². The average Bonchev–Trinajstić information content (AvgIpc) is 2.50. The van der Waals surface area contributed by atoms with Crippen molar-refractivity contribution < 1.29 is 9.53 Å². The van der Waals surface area contributed by atoms with Crippen LogP contribution in [0.3, 0.4) is 0 Å². The minimum atomic E-state index is -0.0134. The number of ether oxygens (including phenoxy) is 1. The van der Waals surface area contributed by atoms with Gasteiger partial charge < -0.3 is 21.1 Å². The highest BCUT2D eigenvalue weighted by molar-refractivity contribution is 5.96. The summed E-state index contributed by atoms with van der Waals surface area (Å²) in [7, 11) is 1.60. The van der Waals surface area contributed by atoms with E-state index in [1.165, 1.54) is 0 Å². The van der Waals surface area contributed by atoms with Gasteiger partial charge in [-0.15, -0.1) is 0 Å². The lowest BCUT2D eigenvalue weighted by Gasteiger charge is -2.11. The molecule has 0 unspecified atom stereocenters. The Balaban J connectivity index is 1.89. The van der Waals surface area contributed by atoms with Gasteiger partial charge in [0.05, 0.1) is 23.5 Å². The lowest BCUT2D eigenvalue weighted by atomic mass is 10.1. The van der Waals surface area contributed by atoms with E-state index in [1.807, 2.05) is 24.3 Å². The van der Waals surface area contributed by atoms with E-state index in [9.17, 15) is 4.79 Å². The van der Waals surface area contributed by atoms with E-state index >= 15 is 0 Å².